The van der Waals surface area contributed by atoms with E-state index in [1.165, 1.54) is 12.1 Å². The van der Waals surface area contributed by atoms with E-state index < -0.39 is 24.8 Å². The van der Waals surface area contributed by atoms with E-state index in [0.29, 0.717) is 6.42 Å². The highest BCUT2D eigenvalue weighted by atomic mass is 19.4. The first-order valence-corrected chi connectivity index (χ1v) is 6.79. The molecule has 0 fully saturated rings. The standard InChI is InChI=1S/C17H18F3NO/c1-21-12-11-16(13-5-3-2-4-6-13)22-15-9-7-14(8-10-15)17(18,19)20/h2-10,16,21H,11-12H2,1H3/i1D3. The van der Waals surface area contributed by atoms with Crippen LogP contribution in [0.2, 0.25) is 0 Å². The molecule has 2 rings (SSSR count). The molecule has 0 saturated carbocycles. The molecule has 0 aromatic heterocycles. The fourth-order valence-corrected chi connectivity index (χ4v) is 2.05. The topological polar surface area (TPSA) is 21.3 Å². The minimum Gasteiger partial charge on any atom is -0.486 e. The van der Waals surface area contributed by atoms with Crippen molar-refractivity contribution in [3.05, 3.63) is 65.7 Å². The maximum Gasteiger partial charge on any atom is 0.416 e. The van der Waals surface area contributed by atoms with Crippen molar-refractivity contribution in [3.8, 4) is 5.75 Å². The summed E-state index contributed by atoms with van der Waals surface area (Å²) in [6.45, 7) is -2.08. The minimum atomic E-state index is -4.40. The Bertz CT molecular complexity index is 658. The number of nitrogens with one attached hydrogen (secondary N) is 1. The average molecular weight is 312 g/mol. The molecule has 1 N–H and O–H groups in total. The summed E-state index contributed by atoms with van der Waals surface area (Å²) in [5.74, 6) is 0.288. The number of benzene rings is 2. The molecule has 0 saturated heterocycles. The molecule has 1 atom stereocenters. The van der Waals surface area contributed by atoms with Gasteiger partial charge in [-0.15, -0.1) is 0 Å². The van der Waals surface area contributed by atoms with Gasteiger partial charge in [-0.3, -0.25) is 0 Å². The van der Waals surface area contributed by atoms with Crippen LogP contribution in [-0.4, -0.2) is 13.5 Å². The van der Waals surface area contributed by atoms with Crippen molar-refractivity contribution < 1.29 is 22.0 Å². The second kappa shape index (κ2) is 7.31. The first-order chi connectivity index (χ1) is 11.6. The number of ether oxygens (including phenoxy) is 1. The van der Waals surface area contributed by atoms with Crippen LogP contribution in [0.4, 0.5) is 13.2 Å². The Kier molecular flexibility index (Phi) is 4.16. The van der Waals surface area contributed by atoms with Crippen molar-refractivity contribution in [1.29, 1.82) is 0 Å². The lowest BCUT2D eigenvalue weighted by molar-refractivity contribution is -0.137. The van der Waals surface area contributed by atoms with Crippen LogP contribution in [0.25, 0.3) is 0 Å². The number of rotatable bonds is 6. The van der Waals surface area contributed by atoms with Crippen LogP contribution in [0, 0.1) is 0 Å². The molecule has 0 bridgehead atoms. The van der Waals surface area contributed by atoms with Gasteiger partial charge in [0.2, 0.25) is 0 Å². The van der Waals surface area contributed by atoms with Crippen LogP contribution in [0.1, 0.15) is 27.8 Å². The monoisotopic (exact) mass is 312 g/mol. The van der Waals surface area contributed by atoms with Gasteiger partial charge in [0.25, 0.3) is 0 Å². The third-order valence-electron chi connectivity index (χ3n) is 3.16. The summed E-state index contributed by atoms with van der Waals surface area (Å²) in [4.78, 5) is 0. The van der Waals surface area contributed by atoms with Crippen LogP contribution in [0.3, 0.4) is 0 Å². The highest BCUT2D eigenvalue weighted by Crippen LogP contribution is 2.31. The largest absolute Gasteiger partial charge is 0.486 e. The lowest BCUT2D eigenvalue weighted by atomic mass is 10.1. The Morgan fingerprint density at radius 2 is 1.77 bits per heavy atom. The van der Waals surface area contributed by atoms with Crippen LogP contribution >= 0.6 is 0 Å². The maximum atomic E-state index is 12.6. The van der Waals surface area contributed by atoms with Crippen LogP contribution < -0.4 is 10.1 Å². The zero-order valence-corrected chi connectivity index (χ0v) is 11.7. The molecule has 0 aliphatic carbocycles. The van der Waals surface area contributed by atoms with Gasteiger partial charge < -0.3 is 10.1 Å². The molecule has 0 heterocycles. The molecule has 0 radical (unpaired) electrons. The van der Waals surface area contributed by atoms with Crippen molar-refractivity contribution in [2.45, 2.75) is 18.7 Å². The van der Waals surface area contributed by atoms with Crippen LogP contribution in [0.5, 0.6) is 5.75 Å². The third kappa shape index (κ3) is 4.49. The van der Waals surface area contributed by atoms with Gasteiger partial charge in [-0.1, -0.05) is 30.3 Å². The first kappa shape index (κ1) is 12.5. The molecule has 0 aliphatic heterocycles. The van der Waals surface area contributed by atoms with E-state index >= 15 is 0 Å². The number of alkyl halides is 3. The van der Waals surface area contributed by atoms with Gasteiger partial charge in [-0.25, -0.2) is 0 Å². The average Bonchev–Trinajstić information content (AvgIpc) is 2.53. The molecule has 118 valence electrons. The molecule has 2 aromatic rings. The van der Waals surface area contributed by atoms with E-state index in [0.717, 1.165) is 17.7 Å². The number of hydrogen-bond acceptors (Lipinski definition) is 2. The lowest BCUT2D eigenvalue weighted by Crippen LogP contribution is -2.16. The second-order valence-electron chi connectivity index (χ2n) is 4.75. The van der Waals surface area contributed by atoms with Crippen molar-refractivity contribution in [1.82, 2.24) is 5.32 Å². The predicted molar refractivity (Wildman–Crippen MR) is 79.8 cm³/mol. The normalized spacial score (nSPS) is 15.5. The lowest BCUT2D eigenvalue weighted by Gasteiger charge is -2.20. The summed E-state index contributed by atoms with van der Waals surface area (Å²) in [6.07, 6.45) is -4.53. The van der Waals surface area contributed by atoms with Crippen molar-refractivity contribution in [2.24, 2.45) is 0 Å². The predicted octanol–water partition coefficient (Wildman–Crippen LogP) is 4.44. The van der Waals surface area contributed by atoms with Gasteiger partial charge in [0.1, 0.15) is 11.9 Å². The Hall–Kier alpha value is -2.01. The molecular formula is C17H18F3NO. The third-order valence-corrected chi connectivity index (χ3v) is 3.16. The Morgan fingerprint density at radius 3 is 2.36 bits per heavy atom. The van der Waals surface area contributed by atoms with E-state index in [1.807, 2.05) is 30.3 Å². The van der Waals surface area contributed by atoms with Gasteiger partial charge in [0.05, 0.1) is 5.56 Å². The summed E-state index contributed by atoms with van der Waals surface area (Å²) in [6, 6.07) is 13.5. The molecule has 2 nitrogen and oxygen atoms in total. The highest BCUT2D eigenvalue weighted by Gasteiger charge is 2.30. The van der Waals surface area contributed by atoms with Gasteiger partial charge in [0, 0.05) is 10.5 Å². The van der Waals surface area contributed by atoms with E-state index in [-0.39, 0.29) is 12.3 Å². The second-order valence-corrected chi connectivity index (χ2v) is 4.75. The zero-order chi connectivity index (χ0) is 18.5. The molecule has 0 aliphatic rings. The van der Waals surface area contributed by atoms with Gasteiger partial charge >= 0.3 is 6.18 Å². The molecule has 0 amide bonds. The van der Waals surface area contributed by atoms with E-state index in [1.54, 1.807) is 0 Å². The van der Waals surface area contributed by atoms with Gasteiger partial charge in [-0.2, -0.15) is 13.2 Å². The molecule has 5 heteroatoms. The first-order valence-electron chi connectivity index (χ1n) is 8.29. The smallest absolute Gasteiger partial charge is 0.416 e. The Morgan fingerprint density at radius 1 is 1.09 bits per heavy atom. The van der Waals surface area contributed by atoms with E-state index in [4.69, 9.17) is 8.85 Å². The van der Waals surface area contributed by atoms with Crippen molar-refractivity contribution in [3.63, 3.8) is 0 Å². The highest BCUT2D eigenvalue weighted by molar-refractivity contribution is 5.30. The number of hydrogen-bond donors (Lipinski definition) is 1. The van der Waals surface area contributed by atoms with Gasteiger partial charge in [0.15, 0.2) is 0 Å². The summed E-state index contributed by atoms with van der Waals surface area (Å²) in [5.41, 5.74) is 0.0647. The molecule has 22 heavy (non-hydrogen) atoms. The van der Waals surface area contributed by atoms with Crippen LogP contribution in [-0.2, 0) is 6.18 Å². The Labute approximate surface area is 132 Å². The van der Waals surface area contributed by atoms with Crippen LogP contribution in [0.15, 0.2) is 54.6 Å². The van der Waals surface area contributed by atoms with E-state index in [9.17, 15) is 13.2 Å². The molecule has 0 spiro atoms. The maximum absolute atomic E-state index is 12.6. The summed E-state index contributed by atoms with van der Waals surface area (Å²) >= 11 is 0. The quantitative estimate of drug-likeness (QED) is 0.851. The minimum absolute atomic E-state index is 0.177. The zero-order valence-electron chi connectivity index (χ0n) is 14.7. The van der Waals surface area contributed by atoms with Crippen molar-refractivity contribution >= 4 is 0 Å². The molecule has 1 unspecified atom stereocenters. The molecule has 2 aromatic carbocycles. The summed E-state index contributed by atoms with van der Waals surface area (Å²) < 4.78 is 65.1. The summed E-state index contributed by atoms with van der Waals surface area (Å²) in [5, 5.41) is 2.41. The fraction of sp³-hybridized carbons (Fsp3) is 0.294. The summed E-state index contributed by atoms with van der Waals surface area (Å²) in [7, 11) is 0. The van der Waals surface area contributed by atoms with Gasteiger partial charge in [-0.05, 0) is 43.3 Å². The fourth-order valence-electron chi connectivity index (χ4n) is 2.05. The number of halogens is 3. The van der Waals surface area contributed by atoms with E-state index in [2.05, 4.69) is 5.32 Å². The SMILES string of the molecule is [2H]C([2H])([2H])NCCC(Oc1ccc(C(F)(F)F)cc1)c1ccccc1. The molecular weight excluding hydrogens is 291 g/mol. The van der Waals surface area contributed by atoms with Crippen molar-refractivity contribution in [2.75, 3.05) is 13.5 Å². The Balaban J connectivity index is 2.10.